The first-order valence-electron chi connectivity index (χ1n) is 9.08. The molecule has 1 N–H and O–H groups in total. The van der Waals surface area contributed by atoms with Crippen LogP contribution in [0.25, 0.3) is 0 Å². The maximum absolute atomic E-state index is 13.6. The highest BCUT2D eigenvalue weighted by molar-refractivity contribution is 5.92. The number of methoxy groups -OCH3 is 1. The molecule has 1 aromatic carbocycles. The third-order valence-electron chi connectivity index (χ3n) is 5.05. The van der Waals surface area contributed by atoms with E-state index in [1.807, 2.05) is 0 Å². The van der Waals surface area contributed by atoms with E-state index in [2.05, 4.69) is 10.2 Å². The van der Waals surface area contributed by atoms with Crippen molar-refractivity contribution in [3.8, 4) is 0 Å². The van der Waals surface area contributed by atoms with Crippen molar-refractivity contribution < 1.29 is 31.5 Å². The van der Waals surface area contributed by atoms with Crippen LogP contribution in [0.4, 0.5) is 22.0 Å². The predicted octanol–water partition coefficient (Wildman–Crippen LogP) is 4.31. The summed E-state index contributed by atoms with van der Waals surface area (Å²) < 4.78 is 71.0. The number of H-pyrrole nitrogens is 1. The predicted molar refractivity (Wildman–Crippen MR) is 92.9 cm³/mol. The number of carbonyl (C=O) groups excluding carboxylic acids is 1. The number of hydrogen-bond donors (Lipinski definition) is 1. The molecule has 29 heavy (non-hydrogen) atoms. The van der Waals surface area contributed by atoms with Gasteiger partial charge in [-0.1, -0.05) is 0 Å². The SMILES string of the molecule is CO[C@H]1CC[C@H](N(Cc2cc(F)cc(F)c2)C(=O)c2cc(C(F)(F)F)n[nH]2)CC1. The van der Waals surface area contributed by atoms with Gasteiger partial charge in [0.25, 0.3) is 5.91 Å². The van der Waals surface area contributed by atoms with Crippen LogP contribution in [0.1, 0.15) is 47.4 Å². The molecule has 5 nitrogen and oxygen atoms in total. The van der Waals surface area contributed by atoms with Gasteiger partial charge >= 0.3 is 6.18 Å². The van der Waals surface area contributed by atoms with Crippen LogP contribution in [0.2, 0.25) is 0 Å². The fourth-order valence-corrected chi connectivity index (χ4v) is 3.59. The summed E-state index contributed by atoms with van der Waals surface area (Å²) in [7, 11) is 1.59. The first-order valence-corrected chi connectivity index (χ1v) is 9.08. The molecular formula is C19H20F5N3O2. The second-order valence-corrected chi connectivity index (χ2v) is 7.04. The smallest absolute Gasteiger partial charge is 0.381 e. The van der Waals surface area contributed by atoms with Crippen molar-refractivity contribution in [3.05, 3.63) is 52.9 Å². The van der Waals surface area contributed by atoms with E-state index in [9.17, 15) is 26.7 Å². The number of aromatic nitrogens is 2. The summed E-state index contributed by atoms with van der Waals surface area (Å²) in [4.78, 5) is 14.3. The monoisotopic (exact) mass is 417 g/mol. The van der Waals surface area contributed by atoms with Crippen molar-refractivity contribution >= 4 is 5.91 Å². The zero-order valence-electron chi connectivity index (χ0n) is 15.6. The van der Waals surface area contributed by atoms with Crippen LogP contribution in [-0.2, 0) is 17.5 Å². The fraction of sp³-hybridized carbons (Fsp3) is 0.474. The van der Waals surface area contributed by atoms with Crippen LogP contribution >= 0.6 is 0 Å². The Labute approximate surface area is 163 Å². The lowest BCUT2D eigenvalue weighted by atomic mass is 9.91. The molecule has 0 atom stereocenters. The Morgan fingerprint density at radius 3 is 2.28 bits per heavy atom. The number of amides is 1. The number of alkyl halides is 3. The van der Waals surface area contributed by atoms with E-state index >= 15 is 0 Å². The number of ether oxygens (including phenoxy) is 1. The van der Waals surface area contributed by atoms with Gasteiger partial charge in [-0.25, -0.2) is 8.78 Å². The van der Waals surface area contributed by atoms with Gasteiger partial charge in [0.1, 0.15) is 17.3 Å². The molecule has 158 valence electrons. The first kappa shape index (κ1) is 21.2. The lowest BCUT2D eigenvalue weighted by Crippen LogP contribution is -2.43. The van der Waals surface area contributed by atoms with E-state index in [0.717, 1.165) is 12.1 Å². The van der Waals surface area contributed by atoms with E-state index < -0.39 is 29.4 Å². The molecule has 2 aromatic rings. The molecule has 1 aliphatic carbocycles. The van der Waals surface area contributed by atoms with Gasteiger partial charge in [-0.2, -0.15) is 18.3 Å². The number of benzene rings is 1. The van der Waals surface area contributed by atoms with Crippen molar-refractivity contribution in [2.45, 2.75) is 50.6 Å². The number of aromatic amines is 1. The minimum atomic E-state index is -4.69. The molecule has 1 aromatic heterocycles. The standard InChI is InChI=1S/C19H20F5N3O2/c1-29-15-4-2-14(3-5-15)27(10-11-6-12(20)8-13(21)7-11)18(28)16-9-17(26-25-16)19(22,23)24/h6-9,14-15H,2-5,10H2,1H3,(H,25,26)/t14-,15-. The van der Waals surface area contributed by atoms with Crippen LogP contribution in [0.3, 0.4) is 0 Å². The van der Waals surface area contributed by atoms with Crippen molar-refractivity contribution in [1.82, 2.24) is 15.1 Å². The molecule has 10 heteroatoms. The molecule has 1 fully saturated rings. The number of nitrogens with zero attached hydrogens (tertiary/aromatic N) is 2. The zero-order chi connectivity index (χ0) is 21.2. The maximum atomic E-state index is 13.6. The van der Waals surface area contributed by atoms with Crippen LogP contribution in [0.5, 0.6) is 0 Å². The van der Waals surface area contributed by atoms with E-state index in [0.29, 0.717) is 37.8 Å². The molecule has 1 amide bonds. The topological polar surface area (TPSA) is 58.2 Å². The largest absolute Gasteiger partial charge is 0.435 e. The van der Waals surface area contributed by atoms with E-state index in [1.54, 1.807) is 7.11 Å². The Morgan fingerprint density at radius 1 is 1.14 bits per heavy atom. The molecule has 0 bridgehead atoms. The van der Waals surface area contributed by atoms with E-state index in [4.69, 9.17) is 4.74 Å². The average Bonchev–Trinajstić information content (AvgIpc) is 3.16. The Hall–Kier alpha value is -2.49. The Kier molecular flexibility index (Phi) is 6.21. The van der Waals surface area contributed by atoms with Crippen LogP contribution in [0, 0.1) is 11.6 Å². The van der Waals surface area contributed by atoms with Crippen molar-refractivity contribution in [2.24, 2.45) is 0 Å². The zero-order valence-corrected chi connectivity index (χ0v) is 15.6. The molecule has 1 aliphatic rings. The highest BCUT2D eigenvalue weighted by Crippen LogP contribution is 2.30. The molecule has 0 saturated heterocycles. The molecule has 0 unspecified atom stereocenters. The number of carbonyl (C=O) groups is 1. The molecule has 0 spiro atoms. The van der Waals surface area contributed by atoms with Gasteiger partial charge in [0.05, 0.1) is 6.10 Å². The van der Waals surface area contributed by atoms with Crippen molar-refractivity contribution in [3.63, 3.8) is 0 Å². The Bertz CT molecular complexity index is 840. The summed E-state index contributed by atoms with van der Waals surface area (Å²) in [6.07, 6.45) is -2.20. The summed E-state index contributed by atoms with van der Waals surface area (Å²) in [5.41, 5.74) is -1.33. The molecule has 0 aliphatic heterocycles. The molecule has 1 heterocycles. The minimum Gasteiger partial charge on any atom is -0.381 e. The molecule has 0 radical (unpaired) electrons. The Morgan fingerprint density at radius 2 is 1.76 bits per heavy atom. The van der Waals surface area contributed by atoms with Gasteiger partial charge in [-0.05, 0) is 43.4 Å². The summed E-state index contributed by atoms with van der Waals surface area (Å²) >= 11 is 0. The van der Waals surface area contributed by atoms with Crippen molar-refractivity contribution in [1.29, 1.82) is 0 Å². The third kappa shape index (κ3) is 5.11. The molecular weight excluding hydrogens is 397 g/mol. The Balaban J connectivity index is 1.87. The normalized spacial score (nSPS) is 19.9. The van der Waals surface area contributed by atoms with Gasteiger partial charge in [-0.15, -0.1) is 0 Å². The summed E-state index contributed by atoms with van der Waals surface area (Å²) in [5.74, 6) is -2.30. The third-order valence-corrected chi connectivity index (χ3v) is 5.05. The average molecular weight is 417 g/mol. The van der Waals surface area contributed by atoms with Crippen LogP contribution < -0.4 is 0 Å². The minimum absolute atomic E-state index is 0.0406. The van der Waals surface area contributed by atoms with E-state index in [1.165, 1.54) is 4.90 Å². The van der Waals surface area contributed by atoms with Crippen molar-refractivity contribution in [2.75, 3.05) is 7.11 Å². The maximum Gasteiger partial charge on any atom is 0.435 e. The molecule has 3 rings (SSSR count). The summed E-state index contributed by atoms with van der Waals surface area (Å²) in [6.45, 7) is -0.143. The lowest BCUT2D eigenvalue weighted by molar-refractivity contribution is -0.141. The lowest BCUT2D eigenvalue weighted by Gasteiger charge is -2.36. The highest BCUT2D eigenvalue weighted by Gasteiger charge is 2.36. The quantitative estimate of drug-likeness (QED) is 0.738. The molecule has 1 saturated carbocycles. The summed E-state index contributed by atoms with van der Waals surface area (Å²) in [6, 6.07) is 3.24. The summed E-state index contributed by atoms with van der Waals surface area (Å²) in [5, 5.41) is 5.29. The van der Waals surface area contributed by atoms with Gasteiger partial charge in [0, 0.05) is 31.8 Å². The van der Waals surface area contributed by atoms with Gasteiger partial charge in [0.15, 0.2) is 5.69 Å². The number of halogens is 5. The fourth-order valence-electron chi connectivity index (χ4n) is 3.59. The van der Waals surface area contributed by atoms with Gasteiger partial charge in [-0.3, -0.25) is 9.89 Å². The second-order valence-electron chi connectivity index (χ2n) is 7.04. The number of hydrogen-bond acceptors (Lipinski definition) is 3. The van der Waals surface area contributed by atoms with Gasteiger partial charge in [0.2, 0.25) is 0 Å². The van der Waals surface area contributed by atoms with Crippen LogP contribution in [0.15, 0.2) is 24.3 Å². The first-order chi connectivity index (χ1) is 13.7. The van der Waals surface area contributed by atoms with Gasteiger partial charge < -0.3 is 9.64 Å². The number of nitrogens with one attached hydrogen (secondary N) is 1. The number of rotatable bonds is 5. The van der Waals surface area contributed by atoms with E-state index in [-0.39, 0.29) is 29.9 Å². The highest BCUT2D eigenvalue weighted by atomic mass is 19.4. The second kappa shape index (κ2) is 8.48. The van der Waals surface area contributed by atoms with Crippen LogP contribution in [-0.4, -0.2) is 40.3 Å².